The molecule has 2 aliphatic heterocycles. The van der Waals surface area contributed by atoms with Gasteiger partial charge in [-0.3, -0.25) is 14.5 Å². The number of amides is 2. The minimum atomic E-state index is -1.12. The third-order valence-electron chi connectivity index (χ3n) is 10.2. The van der Waals surface area contributed by atoms with Gasteiger partial charge in [0.15, 0.2) is 0 Å². The van der Waals surface area contributed by atoms with Crippen LogP contribution in [0.3, 0.4) is 0 Å². The number of likely N-dealkylation sites (N-methyl/N-ethyl adjacent to an activating group) is 1. The highest BCUT2D eigenvalue weighted by atomic mass is 32.2. The molecule has 2 atom stereocenters. The molecule has 2 amide bonds. The van der Waals surface area contributed by atoms with E-state index in [-0.39, 0.29) is 17.3 Å². The number of benzene rings is 5. The van der Waals surface area contributed by atoms with Gasteiger partial charge in [0.05, 0.1) is 17.5 Å². The van der Waals surface area contributed by atoms with Crippen LogP contribution in [0.2, 0.25) is 0 Å². The molecular weight excluding hydrogens is 641 g/mol. The van der Waals surface area contributed by atoms with Gasteiger partial charge >= 0.3 is 0 Å². The van der Waals surface area contributed by atoms with Gasteiger partial charge in [0.1, 0.15) is 29.7 Å². The molecule has 1 fully saturated rings. The van der Waals surface area contributed by atoms with E-state index in [2.05, 4.69) is 24.1 Å². The number of fused-ring (bicyclic) bond motifs is 2. The number of aryl methyl sites for hydroxylation is 2. The Morgan fingerprint density at radius 3 is 1.90 bits per heavy atom. The molecular formula is C43H40N2O4S. The maximum absolute atomic E-state index is 14.5. The third-order valence-corrected chi connectivity index (χ3v) is 11.3. The number of rotatable bonds is 9. The molecule has 0 spiro atoms. The summed E-state index contributed by atoms with van der Waals surface area (Å²) in [6.07, 6.45) is 5.11. The van der Waals surface area contributed by atoms with Gasteiger partial charge in [-0.2, -0.15) is 0 Å². The Kier molecular flexibility index (Phi) is 8.84. The van der Waals surface area contributed by atoms with E-state index in [1.54, 1.807) is 0 Å². The Balaban J connectivity index is 0.989. The summed E-state index contributed by atoms with van der Waals surface area (Å²) in [5, 5.41) is -0.808. The molecule has 5 aromatic rings. The van der Waals surface area contributed by atoms with Crippen molar-refractivity contribution < 1.29 is 19.1 Å². The van der Waals surface area contributed by atoms with Crippen molar-refractivity contribution in [3.63, 3.8) is 0 Å². The van der Waals surface area contributed by atoms with Gasteiger partial charge in [-0.15, -0.1) is 0 Å². The predicted molar refractivity (Wildman–Crippen MR) is 199 cm³/mol. The maximum atomic E-state index is 14.5. The average Bonchev–Trinajstić information content (AvgIpc) is 3.44. The molecule has 0 N–H and O–H groups in total. The summed E-state index contributed by atoms with van der Waals surface area (Å²) >= 11 is 1.11. The lowest BCUT2D eigenvalue weighted by Gasteiger charge is -2.42. The number of hydrogen-bond donors (Lipinski definition) is 0. The molecule has 0 saturated carbocycles. The molecule has 0 bridgehead atoms. The van der Waals surface area contributed by atoms with Crippen molar-refractivity contribution >= 4 is 28.6 Å². The molecule has 3 aliphatic rings. The highest BCUT2D eigenvalue weighted by Crippen LogP contribution is 2.48. The number of anilines is 1. The zero-order chi connectivity index (χ0) is 34.1. The van der Waals surface area contributed by atoms with Gasteiger partial charge in [-0.25, -0.2) is 0 Å². The Morgan fingerprint density at radius 2 is 1.32 bits per heavy atom. The Bertz CT molecular complexity index is 1890. The number of nitrogens with zero attached hydrogens (tertiary/aromatic N) is 2. The smallest absolute Gasteiger partial charge is 0.290 e. The van der Waals surface area contributed by atoms with E-state index in [0.717, 1.165) is 70.6 Å². The Labute approximate surface area is 298 Å². The van der Waals surface area contributed by atoms with E-state index in [1.807, 2.05) is 115 Å². The molecule has 2 heterocycles. The van der Waals surface area contributed by atoms with Crippen molar-refractivity contribution in [2.75, 3.05) is 25.1 Å². The fourth-order valence-corrected chi connectivity index (χ4v) is 8.85. The summed E-state index contributed by atoms with van der Waals surface area (Å²) in [5.74, 6) is 1.49. The molecule has 50 heavy (non-hydrogen) atoms. The van der Waals surface area contributed by atoms with Crippen LogP contribution in [-0.2, 0) is 29.6 Å². The second kappa shape index (κ2) is 13.7. The summed E-state index contributed by atoms with van der Waals surface area (Å²) in [6, 6.07) is 42.0. The molecule has 0 radical (unpaired) electrons. The number of imide groups is 1. The largest absolute Gasteiger partial charge is 0.490 e. The zero-order valence-corrected chi connectivity index (χ0v) is 29.0. The van der Waals surface area contributed by atoms with E-state index in [0.29, 0.717) is 13.0 Å². The van der Waals surface area contributed by atoms with Crippen molar-refractivity contribution in [2.24, 2.45) is 0 Å². The first-order valence-electron chi connectivity index (χ1n) is 17.5. The molecule has 1 aliphatic carbocycles. The molecule has 2 unspecified atom stereocenters. The topological polar surface area (TPSA) is 59.1 Å². The second-order valence-electron chi connectivity index (χ2n) is 13.4. The summed E-state index contributed by atoms with van der Waals surface area (Å²) in [6.45, 7) is 1.19. The second-order valence-corrected chi connectivity index (χ2v) is 14.6. The van der Waals surface area contributed by atoms with Crippen molar-refractivity contribution in [1.29, 1.82) is 0 Å². The van der Waals surface area contributed by atoms with E-state index < -0.39 is 10.8 Å². The summed E-state index contributed by atoms with van der Waals surface area (Å²) in [4.78, 5) is 32.3. The highest BCUT2D eigenvalue weighted by molar-refractivity contribution is 8.15. The SMILES string of the molecule is CN1CC(COc2ccc(CC3SC(=O)N(C(c4ccccc4)(c4ccccc4)c4ccccc4)C3=O)cc2)Oc2cc3c(cc21)CCCC3. The summed E-state index contributed by atoms with van der Waals surface area (Å²) in [5.41, 5.74) is 6.46. The van der Waals surface area contributed by atoms with Gasteiger partial charge in [-0.05, 0) is 89.8 Å². The Morgan fingerprint density at radius 1 is 0.760 bits per heavy atom. The van der Waals surface area contributed by atoms with Crippen LogP contribution in [0.4, 0.5) is 10.5 Å². The van der Waals surface area contributed by atoms with Crippen LogP contribution in [0, 0.1) is 0 Å². The number of carbonyl (C=O) groups excluding carboxylic acids is 2. The first kappa shape index (κ1) is 32.2. The van der Waals surface area contributed by atoms with Gasteiger partial charge in [0.2, 0.25) is 5.91 Å². The fourth-order valence-electron chi connectivity index (χ4n) is 7.79. The number of thioether (sulfide) groups is 1. The van der Waals surface area contributed by atoms with Crippen molar-refractivity contribution in [2.45, 2.75) is 49.0 Å². The number of hydrogen-bond acceptors (Lipinski definition) is 6. The third kappa shape index (κ3) is 5.94. The fraction of sp³-hybridized carbons (Fsp3) is 0.256. The molecule has 252 valence electrons. The van der Waals surface area contributed by atoms with Crippen LogP contribution < -0.4 is 14.4 Å². The summed E-state index contributed by atoms with van der Waals surface area (Å²) in [7, 11) is 2.12. The molecule has 8 rings (SSSR count). The minimum Gasteiger partial charge on any atom is -0.490 e. The van der Waals surface area contributed by atoms with Crippen LogP contribution in [0.25, 0.3) is 0 Å². The van der Waals surface area contributed by atoms with Gasteiger partial charge in [-0.1, -0.05) is 115 Å². The lowest BCUT2D eigenvalue weighted by atomic mass is 9.75. The number of ether oxygens (including phenoxy) is 2. The Hall–Kier alpha value is -5.01. The van der Waals surface area contributed by atoms with Crippen LogP contribution >= 0.6 is 11.8 Å². The van der Waals surface area contributed by atoms with E-state index in [9.17, 15) is 9.59 Å². The standard InChI is InChI=1S/C43H40N2O4S/c1-44-28-37(49-39-27-32-14-12-11-13-31(32)26-38(39)44)29-48-36-23-21-30(22-24-36)25-40-41(46)45(42(47)50-40)43(33-15-5-2-6-16-33,34-17-7-3-8-18-34)35-19-9-4-10-20-35/h2-10,15-24,26-27,37,40H,11-14,25,28-29H2,1H3. The minimum absolute atomic E-state index is 0.0857. The lowest BCUT2D eigenvalue weighted by molar-refractivity contribution is -0.129. The normalized spacial score (nSPS) is 18.7. The quantitative estimate of drug-likeness (QED) is 0.146. The van der Waals surface area contributed by atoms with Crippen LogP contribution in [-0.4, -0.2) is 47.6 Å². The van der Waals surface area contributed by atoms with Crippen LogP contribution in [0.5, 0.6) is 11.5 Å². The van der Waals surface area contributed by atoms with Crippen LogP contribution in [0.1, 0.15) is 46.2 Å². The first-order chi connectivity index (χ1) is 24.5. The van der Waals surface area contributed by atoms with E-state index in [1.165, 1.54) is 28.9 Å². The van der Waals surface area contributed by atoms with Crippen LogP contribution in [0.15, 0.2) is 127 Å². The predicted octanol–water partition coefficient (Wildman–Crippen LogP) is 8.44. The van der Waals surface area contributed by atoms with Crippen molar-refractivity contribution in [3.05, 3.63) is 161 Å². The molecule has 5 aromatic carbocycles. The van der Waals surface area contributed by atoms with Gasteiger partial charge < -0.3 is 14.4 Å². The zero-order valence-electron chi connectivity index (χ0n) is 28.2. The summed E-state index contributed by atoms with van der Waals surface area (Å²) < 4.78 is 12.6. The molecule has 1 saturated heterocycles. The molecule has 7 heteroatoms. The maximum Gasteiger partial charge on any atom is 0.290 e. The monoisotopic (exact) mass is 680 g/mol. The lowest BCUT2D eigenvalue weighted by Crippen LogP contribution is -2.51. The van der Waals surface area contributed by atoms with E-state index in [4.69, 9.17) is 9.47 Å². The van der Waals surface area contributed by atoms with Crippen molar-refractivity contribution in [1.82, 2.24) is 4.90 Å². The molecule has 6 nitrogen and oxygen atoms in total. The molecule has 0 aromatic heterocycles. The first-order valence-corrected chi connectivity index (χ1v) is 18.4. The number of carbonyl (C=O) groups is 2. The van der Waals surface area contributed by atoms with E-state index >= 15 is 0 Å². The highest BCUT2D eigenvalue weighted by Gasteiger charge is 2.54. The van der Waals surface area contributed by atoms with Gasteiger partial charge in [0, 0.05) is 7.05 Å². The van der Waals surface area contributed by atoms with Gasteiger partial charge in [0.25, 0.3) is 5.24 Å². The van der Waals surface area contributed by atoms with Crippen molar-refractivity contribution in [3.8, 4) is 11.5 Å². The average molecular weight is 681 g/mol.